The third-order valence-electron chi connectivity index (χ3n) is 5.03. The summed E-state index contributed by atoms with van der Waals surface area (Å²) in [6.45, 7) is 13.9. The lowest BCUT2D eigenvalue weighted by Gasteiger charge is -2.49. The molecule has 0 radical (unpaired) electrons. The normalized spacial score (nSPS) is 31.6. The molecule has 1 aliphatic carbocycles. The Kier molecular flexibility index (Phi) is 4.31. The number of likely N-dealkylation sites (N-methyl/N-ethyl adjacent to an activating group) is 1. The summed E-state index contributed by atoms with van der Waals surface area (Å²) in [6, 6.07) is 1.39. The smallest absolute Gasteiger partial charge is 0.0252 e. The quantitative estimate of drug-likeness (QED) is 0.803. The van der Waals surface area contributed by atoms with Crippen LogP contribution in [0.15, 0.2) is 0 Å². The summed E-state index contributed by atoms with van der Waals surface area (Å²) in [5, 5.41) is 0. The van der Waals surface area contributed by atoms with Crippen molar-refractivity contribution >= 4 is 0 Å². The summed E-state index contributed by atoms with van der Waals surface area (Å²) in [5.74, 6) is 0. The molecule has 1 rings (SSSR count). The van der Waals surface area contributed by atoms with Crippen LogP contribution in [0.1, 0.15) is 60.8 Å². The Morgan fingerprint density at radius 2 is 1.82 bits per heavy atom. The van der Waals surface area contributed by atoms with E-state index in [0.717, 1.165) is 0 Å². The maximum atomic E-state index is 6.50. The summed E-state index contributed by atoms with van der Waals surface area (Å²) in [5.41, 5.74) is 7.10. The van der Waals surface area contributed by atoms with E-state index in [1.807, 2.05) is 0 Å². The molecule has 0 aliphatic heterocycles. The number of rotatable bonds is 2. The van der Waals surface area contributed by atoms with E-state index in [1.54, 1.807) is 0 Å². The van der Waals surface area contributed by atoms with Gasteiger partial charge in [-0.15, -0.1) is 0 Å². The van der Waals surface area contributed by atoms with Crippen LogP contribution in [0.4, 0.5) is 0 Å². The van der Waals surface area contributed by atoms with Crippen molar-refractivity contribution in [3.63, 3.8) is 0 Å². The van der Waals surface area contributed by atoms with Crippen LogP contribution in [0.2, 0.25) is 0 Å². The number of nitrogens with zero attached hydrogens (tertiary/aromatic N) is 1. The van der Waals surface area contributed by atoms with E-state index < -0.39 is 0 Å². The molecule has 3 unspecified atom stereocenters. The first-order valence-corrected chi connectivity index (χ1v) is 7.05. The molecule has 1 saturated carbocycles. The Hall–Kier alpha value is -0.0800. The molecule has 0 spiro atoms. The van der Waals surface area contributed by atoms with Gasteiger partial charge in [-0.05, 0) is 37.6 Å². The second kappa shape index (κ2) is 4.89. The Balaban J connectivity index is 2.78. The van der Waals surface area contributed by atoms with Gasteiger partial charge in [0.15, 0.2) is 0 Å². The summed E-state index contributed by atoms with van der Waals surface area (Å²) in [7, 11) is 2.25. The fourth-order valence-electron chi connectivity index (χ4n) is 2.99. The van der Waals surface area contributed by atoms with Crippen LogP contribution in [-0.2, 0) is 0 Å². The molecule has 0 saturated heterocycles. The van der Waals surface area contributed by atoms with Gasteiger partial charge < -0.3 is 5.73 Å². The monoisotopic (exact) mass is 240 g/mol. The maximum Gasteiger partial charge on any atom is 0.0252 e. The van der Waals surface area contributed by atoms with E-state index in [9.17, 15) is 0 Å². The van der Waals surface area contributed by atoms with E-state index in [-0.39, 0.29) is 5.41 Å². The van der Waals surface area contributed by atoms with Crippen molar-refractivity contribution in [2.75, 3.05) is 7.05 Å². The van der Waals surface area contributed by atoms with Crippen molar-refractivity contribution in [1.82, 2.24) is 4.90 Å². The van der Waals surface area contributed by atoms with Crippen molar-refractivity contribution in [3.05, 3.63) is 0 Å². The zero-order valence-electron chi connectivity index (χ0n) is 12.9. The first-order valence-electron chi connectivity index (χ1n) is 7.05. The average Bonchev–Trinajstić information content (AvgIpc) is 2.18. The van der Waals surface area contributed by atoms with Crippen LogP contribution in [0.5, 0.6) is 0 Å². The molecule has 0 aromatic carbocycles. The lowest BCUT2D eigenvalue weighted by molar-refractivity contribution is 0.0282. The minimum atomic E-state index is 0.286. The molecule has 0 heterocycles. The van der Waals surface area contributed by atoms with Gasteiger partial charge >= 0.3 is 0 Å². The van der Waals surface area contributed by atoms with Gasteiger partial charge in [0, 0.05) is 18.1 Å². The van der Waals surface area contributed by atoms with Crippen molar-refractivity contribution in [2.24, 2.45) is 16.6 Å². The average molecular weight is 240 g/mol. The van der Waals surface area contributed by atoms with E-state index in [0.29, 0.717) is 23.5 Å². The second-order valence-electron chi connectivity index (χ2n) is 7.68. The minimum Gasteiger partial charge on any atom is -0.326 e. The molecule has 3 atom stereocenters. The Morgan fingerprint density at radius 3 is 2.29 bits per heavy atom. The van der Waals surface area contributed by atoms with Crippen molar-refractivity contribution in [3.8, 4) is 0 Å². The number of nitrogens with two attached hydrogens (primary N) is 1. The predicted molar refractivity (Wildman–Crippen MR) is 76.1 cm³/mol. The lowest BCUT2D eigenvalue weighted by atomic mass is 9.70. The van der Waals surface area contributed by atoms with Gasteiger partial charge in [-0.1, -0.05) is 41.0 Å². The van der Waals surface area contributed by atoms with Crippen LogP contribution in [-0.4, -0.2) is 30.1 Å². The van der Waals surface area contributed by atoms with Gasteiger partial charge in [-0.2, -0.15) is 0 Å². The highest BCUT2D eigenvalue weighted by molar-refractivity contribution is 4.97. The van der Waals surface area contributed by atoms with E-state index in [2.05, 4.69) is 53.5 Å². The van der Waals surface area contributed by atoms with Gasteiger partial charge in [0.1, 0.15) is 0 Å². The molecule has 2 nitrogen and oxygen atoms in total. The lowest BCUT2D eigenvalue weighted by Crippen LogP contribution is -2.59. The highest BCUT2D eigenvalue weighted by Gasteiger charge is 2.40. The van der Waals surface area contributed by atoms with E-state index >= 15 is 0 Å². The third kappa shape index (κ3) is 3.23. The molecule has 2 N–H and O–H groups in total. The molecule has 102 valence electrons. The van der Waals surface area contributed by atoms with Crippen LogP contribution in [0.25, 0.3) is 0 Å². The van der Waals surface area contributed by atoms with Gasteiger partial charge in [0.2, 0.25) is 0 Å². The first-order chi connectivity index (χ1) is 7.57. The molecule has 0 aromatic heterocycles. The maximum absolute atomic E-state index is 6.50. The first kappa shape index (κ1) is 15.0. The summed E-state index contributed by atoms with van der Waals surface area (Å²) < 4.78 is 0. The summed E-state index contributed by atoms with van der Waals surface area (Å²) in [6.07, 6.45) is 3.83. The Morgan fingerprint density at radius 1 is 1.29 bits per heavy atom. The van der Waals surface area contributed by atoms with Gasteiger partial charge in [-0.3, -0.25) is 4.90 Å². The van der Waals surface area contributed by atoms with E-state index in [4.69, 9.17) is 5.73 Å². The van der Waals surface area contributed by atoms with Crippen molar-refractivity contribution < 1.29 is 0 Å². The zero-order valence-corrected chi connectivity index (χ0v) is 12.9. The molecule has 17 heavy (non-hydrogen) atoms. The highest BCUT2D eigenvalue weighted by Crippen LogP contribution is 2.38. The summed E-state index contributed by atoms with van der Waals surface area (Å²) in [4.78, 5) is 2.52. The van der Waals surface area contributed by atoms with Crippen LogP contribution in [0.3, 0.4) is 0 Å². The van der Waals surface area contributed by atoms with Crippen LogP contribution in [0, 0.1) is 10.8 Å². The zero-order chi connectivity index (χ0) is 13.4. The fraction of sp³-hybridized carbons (Fsp3) is 1.00. The SMILES string of the molecule is CC(N(C)C1CCCC(C)(C)C1N)C(C)(C)C. The topological polar surface area (TPSA) is 29.3 Å². The molecule has 2 heteroatoms. The summed E-state index contributed by atoms with van der Waals surface area (Å²) >= 11 is 0. The molecule has 1 aliphatic rings. The second-order valence-corrected chi connectivity index (χ2v) is 7.68. The van der Waals surface area contributed by atoms with Crippen molar-refractivity contribution in [1.29, 1.82) is 0 Å². The van der Waals surface area contributed by atoms with Crippen LogP contribution >= 0.6 is 0 Å². The van der Waals surface area contributed by atoms with Crippen LogP contribution < -0.4 is 5.73 Å². The molecular weight excluding hydrogens is 208 g/mol. The highest BCUT2D eigenvalue weighted by atomic mass is 15.2. The molecular formula is C15H32N2. The van der Waals surface area contributed by atoms with Gasteiger partial charge in [0.25, 0.3) is 0 Å². The number of hydrogen-bond donors (Lipinski definition) is 1. The fourth-order valence-corrected chi connectivity index (χ4v) is 2.99. The van der Waals surface area contributed by atoms with Gasteiger partial charge in [0.05, 0.1) is 0 Å². The standard InChI is InChI=1S/C15H32N2/c1-11(14(2,3)4)17(7)12-9-8-10-15(5,6)13(12)16/h11-13H,8-10,16H2,1-7H3. The van der Waals surface area contributed by atoms with Crippen molar-refractivity contribution in [2.45, 2.75) is 78.9 Å². The molecule has 0 bridgehead atoms. The third-order valence-corrected chi connectivity index (χ3v) is 5.03. The largest absolute Gasteiger partial charge is 0.326 e. The van der Waals surface area contributed by atoms with Gasteiger partial charge in [-0.25, -0.2) is 0 Å². The predicted octanol–water partition coefficient (Wildman–Crippen LogP) is 3.26. The molecule has 0 aromatic rings. The Labute approximate surface area is 108 Å². The molecule has 1 fully saturated rings. The van der Waals surface area contributed by atoms with E-state index in [1.165, 1.54) is 19.3 Å². The number of hydrogen-bond acceptors (Lipinski definition) is 2. The minimum absolute atomic E-state index is 0.286. The molecule has 0 amide bonds. The Bertz CT molecular complexity index is 252.